The molecule has 2 unspecified atom stereocenters. The van der Waals surface area contributed by atoms with Gasteiger partial charge in [0.05, 0.1) is 4.90 Å². The summed E-state index contributed by atoms with van der Waals surface area (Å²) in [5, 5.41) is 1.97. The highest BCUT2D eigenvalue weighted by molar-refractivity contribution is 7.91. The molecule has 0 radical (unpaired) electrons. The van der Waals surface area contributed by atoms with Crippen molar-refractivity contribution < 1.29 is 16.2 Å². The second-order valence-corrected chi connectivity index (χ2v) is 6.92. The van der Waals surface area contributed by atoms with Crippen LogP contribution in [0.1, 0.15) is 5.56 Å². The zero-order chi connectivity index (χ0) is 16.2. The predicted octanol–water partition coefficient (Wildman–Crippen LogP) is 3.85. The molecule has 0 saturated carbocycles. The van der Waals surface area contributed by atoms with Crippen molar-refractivity contribution in [2.24, 2.45) is 0 Å². The number of fused-ring (bicyclic) bond motifs is 1. The van der Waals surface area contributed by atoms with Crippen LogP contribution in [0.4, 0.5) is 0 Å². The lowest BCUT2D eigenvalue weighted by Crippen LogP contribution is -2.08. The molecule has 0 fully saturated rings. The molecule has 3 aromatic carbocycles. The Bertz CT molecular complexity index is 892. The summed E-state index contributed by atoms with van der Waals surface area (Å²) in [6.45, 7) is 1.83. The molecule has 6 heteroatoms. The third kappa shape index (κ3) is 3.85. The maximum Gasteiger partial charge on any atom is 0.374 e. The number of hydrogen-bond acceptors (Lipinski definition) is 4. The summed E-state index contributed by atoms with van der Waals surface area (Å²) in [5.74, 6) is 0.432. The van der Waals surface area contributed by atoms with Gasteiger partial charge < -0.3 is 4.18 Å². The van der Waals surface area contributed by atoms with Crippen molar-refractivity contribution in [2.45, 2.75) is 11.8 Å². The zero-order valence-electron chi connectivity index (χ0n) is 12.3. The highest BCUT2D eigenvalue weighted by Gasteiger charge is 2.13. The normalized spacial score (nSPS) is 13.6. The van der Waals surface area contributed by atoms with Crippen molar-refractivity contribution in [2.75, 3.05) is 0 Å². The van der Waals surface area contributed by atoms with E-state index in [0.717, 1.165) is 16.3 Å². The fourth-order valence-electron chi connectivity index (χ4n) is 2.10. The minimum Gasteiger partial charge on any atom is -0.379 e. The van der Waals surface area contributed by atoms with Gasteiger partial charge in [0.2, 0.25) is 11.1 Å². The van der Waals surface area contributed by atoms with Crippen LogP contribution in [0.3, 0.4) is 0 Å². The van der Waals surface area contributed by atoms with E-state index in [1.165, 1.54) is 0 Å². The molecular formula is C17H14O4S2. The third-order valence-electron chi connectivity index (χ3n) is 3.28. The second kappa shape index (κ2) is 7.04. The Morgan fingerprint density at radius 1 is 0.826 bits per heavy atom. The molecule has 0 aliphatic heterocycles. The van der Waals surface area contributed by atoms with E-state index in [1.807, 2.05) is 49.4 Å². The molecule has 0 aliphatic rings. The Labute approximate surface area is 139 Å². The van der Waals surface area contributed by atoms with Crippen LogP contribution in [0.25, 0.3) is 10.8 Å². The Balaban J connectivity index is 1.72. The van der Waals surface area contributed by atoms with E-state index in [2.05, 4.69) is 0 Å². The summed E-state index contributed by atoms with van der Waals surface area (Å²) < 4.78 is 34.2. The van der Waals surface area contributed by atoms with Crippen LogP contribution in [0, 0.1) is 6.92 Å². The predicted molar refractivity (Wildman–Crippen MR) is 91.4 cm³/mol. The Morgan fingerprint density at radius 3 is 2.30 bits per heavy atom. The number of benzene rings is 3. The fraction of sp³-hybridized carbons (Fsp3) is 0.0588. The summed E-state index contributed by atoms with van der Waals surface area (Å²) in [7, 11) is 0. The first kappa shape index (κ1) is 15.9. The number of rotatable bonds is 5. The van der Waals surface area contributed by atoms with Crippen LogP contribution in [0.5, 0.6) is 5.75 Å². The summed E-state index contributed by atoms with van der Waals surface area (Å²) in [5.41, 5.74) is 0.820. The standard InChI is InChI=1S/C17H14O4S2/c1-13-6-2-5-9-17(13)20-23(19)21-22(18)16-11-10-14-7-3-4-8-15(14)12-16/h2-12H,1H3. The SMILES string of the molecule is Cc1ccccc1OS(=O)OS(=O)c1ccc2ccccc2c1. The van der Waals surface area contributed by atoms with Crippen LogP contribution in [0.15, 0.2) is 71.6 Å². The number of para-hydroxylation sites is 1. The lowest BCUT2D eigenvalue weighted by molar-refractivity contribution is 0.472. The monoisotopic (exact) mass is 346 g/mol. The van der Waals surface area contributed by atoms with Crippen LogP contribution in [-0.4, -0.2) is 8.42 Å². The lowest BCUT2D eigenvalue weighted by atomic mass is 10.1. The van der Waals surface area contributed by atoms with Crippen molar-refractivity contribution in [1.82, 2.24) is 0 Å². The minimum atomic E-state index is -2.15. The van der Waals surface area contributed by atoms with Gasteiger partial charge in [-0.05, 0) is 41.5 Å². The zero-order valence-corrected chi connectivity index (χ0v) is 13.9. The van der Waals surface area contributed by atoms with Crippen LogP contribution >= 0.6 is 0 Å². The molecule has 0 heterocycles. The largest absolute Gasteiger partial charge is 0.379 e. The Hall–Kier alpha value is -2.02. The molecule has 0 bridgehead atoms. The van der Waals surface area contributed by atoms with E-state index in [1.54, 1.807) is 24.3 Å². The molecule has 0 amide bonds. The highest BCUT2D eigenvalue weighted by atomic mass is 32.3. The van der Waals surface area contributed by atoms with Gasteiger partial charge in [-0.25, -0.2) is 4.21 Å². The number of hydrogen-bond donors (Lipinski definition) is 0. The first-order valence-electron chi connectivity index (χ1n) is 6.88. The maximum atomic E-state index is 12.2. The molecule has 0 spiro atoms. The van der Waals surface area contributed by atoms with Crippen molar-refractivity contribution in [3.8, 4) is 5.75 Å². The topological polar surface area (TPSA) is 52.6 Å². The fourth-order valence-corrected chi connectivity index (χ4v) is 3.66. The molecule has 2 atom stereocenters. The summed E-state index contributed by atoms with van der Waals surface area (Å²) in [4.78, 5) is 0.436. The van der Waals surface area contributed by atoms with E-state index in [-0.39, 0.29) is 0 Å². The van der Waals surface area contributed by atoms with Crippen LogP contribution < -0.4 is 4.18 Å². The summed E-state index contributed by atoms with van der Waals surface area (Å²) in [6.07, 6.45) is 0. The molecule has 23 heavy (non-hydrogen) atoms. The molecule has 3 aromatic rings. The molecule has 118 valence electrons. The highest BCUT2D eigenvalue weighted by Crippen LogP contribution is 2.21. The molecule has 0 saturated heterocycles. The van der Waals surface area contributed by atoms with Crippen LogP contribution in [0.2, 0.25) is 0 Å². The average Bonchev–Trinajstić information content (AvgIpc) is 2.56. The summed E-state index contributed by atoms with van der Waals surface area (Å²) >= 11 is -4.02. The van der Waals surface area contributed by atoms with Gasteiger partial charge in [-0.15, -0.1) is 0 Å². The van der Waals surface area contributed by atoms with Crippen molar-refractivity contribution >= 4 is 33.2 Å². The van der Waals surface area contributed by atoms with Crippen LogP contribution in [-0.2, 0) is 26.1 Å². The second-order valence-electron chi connectivity index (χ2n) is 4.86. The quantitative estimate of drug-likeness (QED) is 0.704. The first-order chi connectivity index (χ1) is 11.1. The van der Waals surface area contributed by atoms with Crippen molar-refractivity contribution in [3.63, 3.8) is 0 Å². The van der Waals surface area contributed by atoms with Gasteiger partial charge >= 0.3 is 11.4 Å². The first-order valence-corrected chi connectivity index (χ1v) is 8.96. The van der Waals surface area contributed by atoms with Crippen molar-refractivity contribution in [3.05, 3.63) is 72.3 Å². The van der Waals surface area contributed by atoms with E-state index < -0.39 is 22.4 Å². The van der Waals surface area contributed by atoms with Gasteiger partial charge in [0.15, 0.2) is 0 Å². The lowest BCUT2D eigenvalue weighted by Gasteiger charge is -2.07. The Morgan fingerprint density at radius 2 is 1.52 bits per heavy atom. The van der Waals surface area contributed by atoms with Gasteiger partial charge in [0, 0.05) is 0 Å². The third-order valence-corrected chi connectivity index (χ3v) is 5.18. The van der Waals surface area contributed by atoms with Gasteiger partial charge in [-0.1, -0.05) is 48.5 Å². The van der Waals surface area contributed by atoms with E-state index in [0.29, 0.717) is 10.6 Å². The van der Waals surface area contributed by atoms with E-state index in [9.17, 15) is 8.42 Å². The van der Waals surface area contributed by atoms with Gasteiger partial charge in [0.1, 0.15) is 5.75 Å². The molecule has 0 aromatic heterocycles. The average molecular weight is 346 g/mol. The number of aryl methyl sites for hydroxylation is 1. The molecule has 4 nitrogen and oxygen atoms in total. The molecule has 0 aliphatic carbocycles. The molecule has 3 rings (SSSR count). The maximum absolute atomic E-state index is 12.2. The minimum absolute atomic E-state index is 0.432. The molecule has 0 N–H and O–H groups in total. The van der Waals surface area contributed by atoms with E-state index >= 15 is 0 Å². The van der Waals surface area contributed by atoms with Crippen molar-refractivity contribution in [1.29, 1.82) is 0 Å². The smallest absolute Gasteiger partial charge is 0.374 e. The van der Waals surface area contributed by atoms with E-state index in [4.69, 9.17) is 7.81 Å². The van der Waals surface area contributed by atoms with Gasteiger partial charge in [0.25, 0.3) is 0 Å². The Kier molecular flexibility index (Phi) is 4.85. The van der Waals surface area contributed by atoms with Gasteiger partial charge in [-0.3, -0.25) is 0 Å². The van der Waals surface area contributed by atoms with Gasteiger partial charge in [-0.2, -0.15) is 7.84 Å². The molecular weight excluding hydrogens is 332 g/mol. The summed E-state index contributed by atoms with van der Waals surface area (Å²) in [6, 6.07) is 20.1.